The lowest BCUT2D eigenvalue weighted by Crippen LogP contribution is -2.18. The zero-order valence-electron chi connectivity index (χ0n) is 11.5. The molecule has 2 aromatic carbocycles. The maximum atomic E-state index is 11.4. The van der Waals surface area contributed by atoms with E-state index in [2.05, 4.69) is 0 Å². The second-order valence-electron chi connectivity index (χ2n) is 4.58. The van der Waals surface area contributed by atoms with Gasteiger partial charge >= 0.3 is 5.97 Å². The fourth-order valence-corrected chi connectivity index (χ4v) is 2.26. The van der Waals surface area contributed by atoms with E-state index in [1.54, 1.807) is 19.2 Å². The average molecular weight is 286 g/mol. The number of hydrogen-bond donors (Lipinski definition) is 1. The first kappa shape index (κ1) is 13.3. The van der Waals surface area contributed by atoms with E-state index in [1.807, 2.05) is 24.3 Å². The summed E-state index contributed by atoms with van der Waals surface area (Å²) in [5.74, 6) is 0.472. The molecule has 5 heteroatoms. The summed E-state index contributed by atoms with van der Waals surface area (Å²) >= 11 is 0. The Bertz CT molecular complexity index is 676. The third-order valence-electron chi connectivity index (χ3n) is 3.30. The Morgan fingerprint density at radius 1 is 1.10 bits per heavy atom. The minimum absolute atomic E-state index is 0.109. The highest BCUT2D eigenvalue weighted by Crippen LogP contribution is 2.38. The third-order valence-corrected chi connectivity index (χ3v) is 3.30. The maximum absolute atomic E-state index is 11.4. The van der Waals surface area contributed by atoms with Gasteiger partial charge in [-0.3, -0.25) is 0 Å². The number of carbonyl (C=O) groups is 1. The predicted octanol–water partition coefficient (Wildman–Crippen LogP) is 2.83. The summed E-state index contributed by atoms with van der Waals surface area (Å²) in [5.41, 5.74) is 1.76. The number of rotatable bonds is 3. The molecule has 0 bridgehead atoms. The Kier molecular flexibility index (Phi) is 3.39. The van der Waals surface area contributed by atoms with Crippen molar-refractivity contribution < 1.29 is 24.1 Å². The summed E-state index contributed by atoms with van der Waals surface area (Å²) < 4.78 is 16.0. The van der Waals surface area contributed by atoms with Gasteiger partial charge in [0.25, 0.3) is 0 Å². The largest absolute Gasteiger partial charge is 0.497 e. The molecule has 0 radical (unpaired) electrons. The molecule has 0 atom stereocenters. The molecule has 5 nitrogen and oxygen atoms in total. The molecule has 0 aliphatic carbocycles. The Morgan fingerprint density at radius 3 is 2.48 bits per heavy atom. The second-order valence-corrected chi connectivity index (χ2v) is 4.58. The van der Waals surface area contributed by atoms with Crippen LogP contribution in [0.4, 0.5) is 0 Å². The molecule has 0 fully saturated rings. The van der Waals surface area contributed by atoms with Crippen LogP contribution in [0.15, 0.2) is 36.4 Å². The molecular formula is C16H14O5. The monoisotopic (exact) mass is 286 g/mol. The van der Waals surface area contributed by atoms with Crippen molar-refractivity contribution in [2.45, 2.75) is 0 Å². The highest BCUT2D eigenvalue weighted by molar-refractivity contribution is 5.94. The van der Waals surface area contributed by atoms with Crippen LogP contribution in [0.3, 0.4) is 0 Å². The van der Waals surface area contributed by atoms with E-state index in [9.17, 15) is 9.90 Å². The normalized spacial score (nSPS) is 12.8. The van der Waals surface area contributed by atoms with Crippen molar-refractivity contribution in [2.75, 3.05) is 20.3 Å². The zero-order chi connectivity index (χ0) is 14.8. The van der Waals surface area contributed by atoms with E-state index < -0.39 is 5.97 Å². The number of benzene rings is 2. The van der Waals surface area contributed by atoms with E-state index in [0.717, 1.165) is 16.9 Å². The Balaban J connectivity index is 2.09. The molecule has 3 rings (SSSR count). The molecule has 108 valence electrons. The van der Waals surface area contributed by atoms with Crippen molar-refractivity contribution in [2.24, 2.45) is 0 Å². The highest BCUT2D eigenvalue weighted by Gasteiger charge is 2.22. The molecule has 1 N–H and O–H groups in total. The molecule has 0 saturated heterocycles. The van der Waals surface area contributed by atoms with Gasteiger partial charge in [-0.15, -0.1) is 0 Å². The van der Waals surface area contributed by atoms with Crippen molar-refractivity contribution in [1.82, 2.24) is 0 Å². The minimum Gasteiger partial charge on any atom is -0.497 e. The quantitative estimate of drug-likeness (QED) is 0.940. The number of carboxylic acid groups (broad SMARTS) is 1. The predicted molar refractivity (Wildman–Crippen MR) is 76.4 cm³/mol. The molecule has 1 aliphatic rings. The van der Waals surface area contributed by atoms with Gasteiger partial charge < -0.3 is 19.3 Å². The van der Waals surface area contributed by atoms with Crippen LogP contribution in [0.1, 0.15) is 10.4 Å². The summed E-state index contributed by atoms with van der Waals surface area (Å²) in [6, 6.07) is 10.8. The number of carboxylic acids is 1. The maximum Gasteiger partial charge on any atom is 0.339 e. The van der Waals surface area contributed by atoms with Gasteiger partial charge in [0.05, 0.1) is 7.11 Å². The van der Waals surface area contributed by atoms with Gasteiger partial charge in [-0.1, -0.05) is 12.1 Å². The number of ether oxygens (including phenoxy) is 3. The van der Waals surface area contributed by atoms with Crippen LogP contribution in [0.25, 0.3) is 11.1 Å². The van der Waals surface area contributed by atoms with Crippen molar-refractivity contribution in [3.05, 3.63) is 42.0 Å². The van der Waals surface area contributed by atoms with Crippen molar-refractivity contribution in [3.63, 3.8) is 0 Å². The first-order valence-electron chi connectivity index (χ1n) is 6.50. The third kappa shape index (κ3) is 2.50. The second kappa shape index (κ2) is 5.36. The van der Waals surface area contributed by atoms with E-state index in [-0.39, 0.29) is 5.56 Å². The molecule has 0 spiro atoms. The summed E-state index contributed by atoms with van der Waals surface area (Å²) in [5, 5.41) is 9.34. The van der Waals surface area contributed by atoms with Gasteiger partial charge in [0.2, 0.25) is 0 Å². The van der Waals surface area contributed by atoms with Crippen molar-refractivity contribution in [3.8, 4) is 28.4 Å². The average Bonchev–Trinajstić information content (AvgIpc) is 2.53. The van der Waals surface area contributed by atoms with Crippen LogP contribution < -0.4 is 14.2 Å². The zero-order valence-corrected chi connectivity index (χ0v) is 11.5. The summed E-state index contributed by atoms with van der Waals surface area (Å²) in [6.07, 6.45) is 0. The summed E-state index contributed by atoms with van der Waals surface area (Å²) in [4.78, 5) is 11.4. The fourth-order valence-electron chi connectivity index (χ4n) is 2.26. The lowest BCUT2D eigenvalue weighted by Gasteiger charge is -2.21. The first-order valence-corrected chi connectivity index (χ1v) is 6.50. The van der Waals surface area contributed by atoms with Crippen LogP contribution >= 0.6 is 0 Å². The highest BCUT2D eigenvalue weighted by atomic mass is 16.6. The lowest BCUT2D eigenvalue weighted by molar-refractivity contribution is 0.0686. The van der Waals surface area contributed by atoms with Crippen LogP contribution in [-0.2, 0) is 0 Å². The van der Waals surface area contributed by atoms with E-state index in [4.69, 9.17) is 14.2 Å². The minimum atomic E-state index is -1.04. The van der Waals surface area contributed by atoms with E-state index in [0.29, 0.717) is 24.7 Å². The van der Waals surface area contributed by atoms with Crippen molar-refractivity contribution >= 4 is 5.97 Å². The molecule has 1 heterocycles. The SMILES string of the molecule is COc1ccc(-c2cc3c(c(C(=O)O)c2)OCCO3)cc1. The lowest BCUT2D eigenvalue weighted by atomic mass is 10.0. The fraction of sp³-hybridized carbons (Fsp3) is 0.188. The van der Waals surface area contributed by atoms with Crippen LogP contribution in [-0.4, -0.2) is 31.4 Å². The molecular weight excluding hydrogens is 272 g/mol. The Labute approximate surface area is 121 Å². The number of hydrogen-bond acceptors (Lipinski definition) is 4. The topological polar surface area (TPSA) is 65.0 Å². The molecule has 2 aromatic rings. The smallest absolute Gasteiger partial charge is 0.339 e. The summed E-state index contributed by atoms with van der Waals surface area (Å²) in [7, 11) is 1.60. The van der Waals surface area contributed by atoms with Crippen LogP contribution in [0, 0.1) is 0 Å². The van der Waals surface area contributed by atoms with Gasteiger partial charge in [-0.25, -0.2) is 4.79 Å². The molecule has 0 saturated carbocycles. The van der Waals surface area contributed by atoms with Gasteiger partial charge in [-0.2, -0.15) is 0 Å². The van der Waals surface area contributed by atoms with Crippen LogP contribution in [0.5, 0.6) is 17.2 Å². The van der Waals surface area contributed by atoms with E-state index >= 15 is 0 Å². The Morgan fingerprint density at radius 2 is 1.81 bits per heavy atom. The first-order chi connectivity index (χ1) is 10.2. The standard InChI is InChI=1S/C16H14O5/c1-19-12-4-2-10(3-5-12)11-8-13(16(17)18)15-14(9-11)20-6-7-21-15/h2-5,8-9H,6-7H2,1H3,(H,17,18). The molecule has 0 amide bonds. The molecule has 21 heavy (non-hydrogen) atoms. The van der Waals surface area contributed by atoms with Gasteiger partial charge in [-0.05, 0) is 35.4 Å². The number of aromatic carboxylic acids is 1. The number of fused-ring (bicyclic) bond motifs is 1. The van der Waals surface area contributed by atoms with Gasteiger partial charge in [0, 0.05) is 0 Å². The molecule has 0 unspecified atom stereocenters. The molecule has 1 aliphatic heterocycles. The summed E-state index contributed by atoms with van der Waals surface area (Å²) in [6.45, 7) is 0.771. The van der Waals surface area contributed by atoms with Gasteiger partial charge in [0.15, 0.2) is 11.5 Å². The molecule has 0 aromatic heterocycles. The Hall–Kier alpha value is -2.69. The van der Waals surface area contributed by atoms with Gasteiger partial charge in [0.1, 0.15) is 24.5 Å². The van der Waals surface area contributed by atoms with Crippen LogP contribution in [0.2, 0.25) is 0 Å². The van der Waals surface area contributed by atoms with E-state index in [1.165, 1.54) is 0 Å². The van der Waals surface area contributed by atoms with Crippen molar-refractivity contribution in [1.29, 1.82) is 0 Å². The number of methoxy groups -OCH3 is 1.